The summed E-state index contributed by atoms with van der Waals surface area (Å²) in [7, 11) is 0. The van der Waals surface area contributed by atoms with Crippen molar-refractivity contribution in [3.05, 3.63) is 41.4 Å². The average molecular weight is 287 g/mol. The number of para-hydroxylation sites is 1. The zero-order valence-electron chi connectivity index (χ0n) is 11.3. The summed E-state index contributed by atoms with van der Waals surface area (Å²) < 4.78 is 1.23. The molecule has 2 aromatic heterocycles. The molecule has 20 heavy (non-hydrogen) atoms. The van der Waals surface area contributed by atoms with Gasteiger partial charge in [-0.15, -0.1) is 11.3 Å². The van der Waals surface area contributed by atoms with E-state index in [0.717, 1.165) is 35.7 Å². The van der Waals surface area contributed by atoms with Crippen LogP contribution in [0.3, 0.4) is 0 Å². The third-order valence-electron chi connectivity index (χ3n) is 3.12. The maximum atomic E-state index is 4.69. The van der Waals surface area contributed by atoms with Crippen LogP contribution in [0, 0.1) is 0 Å². The molecular formula is C14H17N5S. The van der Waals surface area contributed by atoms with Crippen molar-refractivity contribution < 1.29 is 0 Å². The lowest BCUT2D eigenvalue weighted by atomic mass is 10.2. The van der Waals surface area contributed by atoms with E-state index in [0.29, 0.717) is 0 Å². The largest absolute Gasteiger partial charge is 0.307 e. The molecule has 1 unspecified atom stereocenters. The summed E-state index contributed by atoms with van der Waals surface area (Å²) >= 11 is 1.74. The minimum Gasteiger partial charge on any atom is -0.307 e. The first-order valence-corrected chi connectivity index (χ1v) is 7.61. The van der Waals surface area contributed by atoms with Gasteiger partial charge in [0.05, 0.1) is 21.3 Å². The van der Waals surface area contributed by atoms with Gasteiger partial charge < -0.3 is 5.32 Å². The molecule has 3 aromatic rings. The Morgan fingerprint density at radius 3 is 3.00 bits per heavy atom. The van der Waals surface area contributed by atoms with E-state index >= 15 is 0 Å². The molecule has 1 aromatic carbocycles. The molecule has 2 heterocycles. The van der Waals surface area contributed by atoms with Crippen molar-refractivity contribution in [2.75, 3.05) is 6.54 Å². The molecule has 0 aliphatic heterocycles. The zero-order valence-corrected chi connectivity index (χ0v) is 12.2. The second kappa shape index (κ2) is 6.11. The number of nitrogens with zero attached hydrogens (tertiary/aromatic N) is 3. The molecule has 1 atom stereocenters. The summed E-state index contributed by atoms with van der Waals surface area (Å²) in [6.07, 6.45) is 3.47. The first-order valence-electron chi connectivity index (χ1n) is 6.80. The molecule has 0 radical (unpaired) electrons. The van der Waals surface area contributed by atoms with Gasteiger partial charge in [-0.2, -0.15) is 5.10 Å². The number of hydrogen-bond donors (Lipinski definition) is 2. The fourth-order valence-corrected chi connectivity index (χ4v) is 3.16. The topological polar surface area (TPSA) is 66.5 Å². The highest BCUT2D eigenvalue weighted by atomic mass is 32.1. The number of benzene rings is 1. The number of rotatable bonds is 6. The van der Waals surface area contributed by atoms with E-state index in [1.807, 2.05) is 12.1 Å². The smallest absolute Gasteiger partial charge is 0.141 e. The minimum absolute atomic E-state index is 0.137. The van der Waals surface area contributed by atoms with Crippen molar-refractivity contribution in [3.63, 3.8) is 0 Å². The fraction of sp³-hybridized carbons (Fsp3) is 0.357. The summed E-state index contributed by atoms with van der Waals surface area (Å²) in [6, 6.07) is 8.37. The van der Waals surface area contributed by atoms with E-state index in [-0.39, 0.29) is 6.04 Å². The van der Waals surface area contributed by atoms with Crippen molar-refractivity contribution in [2.45, 2.75) is 25.8 Å². The lowest BCUT2D eigenvalue weighted by Crippen LogP contribution is -2.25. The van der Waals surface area contributed by atoms with Gasteiger partial charge in [0.2, 0.25) is 0 Å². The van der Waals surface area contributed by atoms with Gasteiger partial charge in [0.15, 0.2) is 0 Å². The van der Waals surface area contributed by atoms with Crippen LogP contribution in [-0.2, 0) is 6.42 Å². The van der Waals surface area contributed by atoms with Crippen LogP contribution in [0.15, 0.2) is 30.6 Å². The van der Waals surface area contributed by atoms with Crippen molar-refractivity contribution in [1.82, 2.24) is 25.5 Å². The van der Waals surface area contributed by atoms with Crippen LogP contribution in [0.1, 0.15) is 30.2 Å². The zero-order chi connectivity index (χ0) is 13.8. The molecular weight excluding hydrogens is 270 g/mol. The number of hydrogen-bond acceptors (Lipinski definition) is 5. The Hall–Kier alpha value is -1.79. The van der Waals surface area contributed by atoms with Crippen LogP contribution >= 0.6 is 11.3 Å². The first-order chi connectivity index (χ1) is 9.86. The summed E-state index contributed by atoms with van der Waals surface area (Å²) in [5.41, 5.74) is 1.07. The number of aromatic nitrogens is 4. The molecule has 0 fully saturated rings. The Labute approximate surface area is 121 Å². The normalized spacial score (nSPS) is 12.8. The molecule has 0 saturated carbocycles. The van der Waals surface area contributed by atoms with Crippen molar-refractivity contribution in [2.24, 2.45) is 0 Å². The van der Waals surface area contributed by atoms with Crippen LogP contribution in [0.4, 0.5) is 0 Å². The summed E-state index contributed by atoms with van der Waals surface area (Å²) in [5, 5.41) is 11.5. The van der Waals surface area contributed by atoms with Gasteiger partial charge in [-0.05, 0) is 25.1 Å². The molecule has 0 spiro atoms. The Morgan fingerprint density at radius 1 is 1.35 bits per heavy atom. The van der Waals surface area contributed by atoms with E-state index in [4.69, 9.17) is 0 Å². The predicted molar refractivity (Wildman–Crippen MR) is 80.7 cm³/mol. The molecule has 0 amide bonds. The summed E-state index contributed by atoms with van der Waals surface area (Å²) in [4.78, 5) is 8.95. The second-order valence-corrected chi connectivity index (χ2v) is 5.77. The van der Waals surface area contributed by atoms with Gasteiger partial charge in [-0.1, -0.05) is 19.1 Å². The quantitative estimate of drug-likeness (QED) is 0.731. The van der Waals surface area contributed by atoms with Gasteiger partial charge in [-0.25, -0.2) is 9.97 Å². The van der Waals surface area contributed by atoms with E-state index in [2.05, 4.69) is 44.5 Å². The van der Waals surface area contributed by atoms with Crippen LogP contribution in [-0.4, -0.2) is 26.7 Å². The molecule has 104 valence electrons. The van der Waals surface area contributed by atoms with Crippen LogP contribution in [0.25, 0.3) is 10.2 Å². The van der Waals surface area contributed by atoms with Crippen LogP contribution < -0.4 is 5.32 Å². The van der Waals surface area contributed by atoms with Gasteiger partial charge >= 0.3 is 0 Å². The third-order valence-corrected chi connectivity index (χ3v) is 4.18. The Morgan fingerprint density at radius 2 is 2.25 bits per heavy atom. The second-order valence-electron chi connectivity index (χ2n) is 4.66. The van der Waals surface area contributed by atoms with Crippen molar-refractivity contribution in [3.8, 4) is 0 Å². The van der Waals surface area contributed by atoms with E-state index < -0.39 is 0 Å². The van der Waals surface area contributed by atoms with Gasteiger partial charge in [0.1, 0.15) is 12.2 Å². The van der Waals surface area contributed by atoms with E-state index in [1.165, 1.54) is 4.70 Å². The summed E-state index contributed by atoms with van der Waals surface area (Å²) in [5.74, 6) is 0.873. The predicted octanol–water partition coefficient (Wildman–Crippen LogP) is 2.70. The van der Waals surface area contributed by atoms with E-state index in [9.17, 15) is 0 Å². The Kier molecular flexibility index (Phi) is 4.03. The number of H-pyrrole nitrogens is 1. The molecule has 0 bridgehead atoms. The molecule has 0 saturated heterocycles. The molecule has 2 N–H and O–H groups in total. The monoisotopic (exact) mass is 287 g/mol. The first kappa shape index (κ1) is 13.2. The van der Waals surface area contributed by atoms with Crippen molar-refractivity contribution in [1.29, 1.82) is 0 Å². The summed E-state index contributed by atoms with van der Waals surface area (Å²) in [6.45, 7) is 3.11. The molecule has 6 heteroatoms. The van der Waals surface area contributed by atoms with Gasteiger partial charge in [0.25, 0.3) is 0 Å². The third kappa shape index (κ3) is 2.86. The van der Waals surface area contributed by atoms with Gasteiger partial charge in [-0.3, -0.25) is 5.10 Å². The number of fused-ring (bicyclic) bond motifs is 1. The number of nitrogens with one attached hydrogen (secondary N) is 2. The Bertz CT molecular complexity index is 628. The Balaban J connectivity index is 1.81. The molecule has 3 rings (SSSR count). The highest BCUT2D eigenvalue weighted by Gasteiger charge is 2.16. The molecule has 5 nitrogen and oxygen atoms in total. The minimum atomic E-state index is 0.137. The van der Waals surface area contributed by atoms with Gasteiger partial charge in [0, 0.05) is 6.42 Å². The highest BCUT2D eigenvalue weighted by molar-refractivity contribution is 7.18. The molecule has 0 aliphatic rings. The molecule has 0 aliphatic carbocycles. The maximum Gasteiger partial charge on any atom is 0.141 e. The van der Waals surface area contributed by atoms with E-state index in [1.54, 1.807) is 17.7 Å². The lowest BCUT2D eigenvalue weighted by molar-refractivity contribution is 0.505. The van der Waals surface area contributed by atoms with Crippen LogP contribution in [0.5, 0.6) is 0 Å². The lowest BCUT2D eigenvalue weighted by Gasteiger charge is -2.14. The van der Waals surface area contributed by atoms with Crippen molar-refractivity contribution >= 4 is 21.6 Å². The fourth-order valence-electron chi connectivity index (χ4n) is 2.15. The highest BCUT2D eigenvalue weighted by Crippen LogP contribution is 2.25. The average Bonchev–Trinajstić information content (AvgIpc) is 3.11. The number of aromatic amines is 1. The SMILES string of the molecule is CCCNC(Cc1nc2ccccc2s1)c1ncn[nH]1. The maximum absolute atomic E-state index is 4.69. The van der Waals surface area contributed by atoms with Crippen LogP contribution in [0.2, 0.25) is 0 Å². The standard InChI is InChI=1S/C14H17N5S/c1-2-7-15-11(14-16-9-17-19-14)8-13-18-10-5-3-4-6-12(10)20-13/h3-6,9,11,15H,2,7-8H2,1H3,(H,16,17,19). The number of thiazole rings is 1.